The van der Waals surface area contributed by atoms with Crippen LogP contribution in [-0.4, -0.2) is 29.1 Å². The average Bonchev–Trinajstić information content (AvgIpc) is 2.93. The van der Waals surface area contributed by atoms with Gasteiger partial charge in [0, 0.05) is 5.02 Å². The van der Waals surface area contributed by atoms with Crippen LogP contribution in [0, 0.1) is 0 Å². The van der Waals surface area contributed by atoms with Crippen LogP contribution in [0.4, 0.5) is 0 Å². The van der Waals surface area contributed by atoms with Crippen LogP contribution in [0.2, 0.25) is 5.02 Å². The van der Waals surface area contributed by atoms with Gasteiger partial charge < -0.3 is 4.74 Å². The summed E-state index contributed by atoms with van der Waals surface area (Å²) in [5, 5.41) is 0.620. The number of thioether (sulfide) groups is 1. The van der Waals surface area contributed by atoms with Crippen molar-refractivity contribution in [2.45, 2.75) is 26.8 Å². The van der Waals surface area contributed by atoms with Crippen molar-refractivity contribution in [1.82, 2.24) is 4.90 Å². The van der Waals surface area contributed by atoms with E-state index in [0.717, 1.165) is 23.3 Å². The molecule has 4 nitrogen and oxygen atoms in total. The highest BCUT2D eigenvalue weighted by Gasteiger charge is 2.38. The van der Waals surface area contributed by atoms with E-state index in [1.165, 1.54) is 16.7 Å². The second kappa shape index (κ2) is 9.30. The maximum atomic E-state index is 13.1. The molecule has 0 saturated carbocycles. The summed E-state index contributed by atoms with van der Waals surface area (Å²) in [6.07, 6.45) is 0.927. The minimum absolute atomic E-state index is 0.226. The molecule has 0 N–H and O–H groups in total. The Labute approximate surface area is 174 Å². The number of rotatable bonds is 8. The molecule has 1 aliphatic rings. The first-order valence-corrected chi connectivity index (χ1v) is 10.6. The van der Waals surface area contributed by atoms with Crippen LogP contribution in [0.25, 0.3) is 5.57 Å². The van der Waals surface area contributed by atoms with E-state index in [1.807, 2.05) is 50.2 Å². The SMILES string of the molecule is CCCOc1ccc(C2=C(SCC)C(=O)N(Cc3ccc(Cl)cc3)C2=O)cc1. The largest absolute Gasteiger partial charge is 0.494 e. The van der Waals surface area contributed by atoms with Crippen LogP contribution in [0.15, 0.2) is 53.4 Å². The van der Waals surface area contributed by atoms with Gasteiger partial charge in [-0.1, -0.05) is 49.7 Å². The highest BCUT2D eigenvalue weighted by Crippen LogP contribution is 2.37. The lowest BCUT2D eigenvalue weighted by Crippen LogP contribution is -2.30. The van der Waals surface area contributed by atoms with Crippen molar-refractivity contribution in [3.63, 3.8) is 0 Å². The first kappa shape index (κ1) is 20.5. The molecule has 28 heavy (non-hydrogen) atoms. The summed E-state index contributed by atoms with van der Waals surface area (Å²) >= 11 is 7.33. The van der Waals surface area contributed by atoms with Gasteiger partial charge in [-0.05, 0) is 47.6 Å². The number of imide groups is 1. The highest BCUT2D eigenvalue weighted by molar-refractivity contribution is 8.04. The van der Waals surface area contributed by atoms with E-state index in [0.29, 0.717) is 27.9 Å². The first-order chi connectivity index (χ1) is 13.5. The van der Waals surface area contributed by atoms with Gasteiger partial charge in [0.1, 0.15) is 5.75 Å². The van der Waals surface area contributed by atoms with Crippen LogP contribution >= 0.6 is 23.4 Å². The van der Waals surface area contributed by atoms with Gasteiger partial charge in [-0.3, -0.25) is 14.5 Å². The normalized spacial score (nSPS) is 14.2. The van der Waals surface area contributed by atoms with Gasteiger partial charge in [0.25, 0.3) is 11.8 Å². The smallest absolute Gasteiger partial charge is 0.268 e. The number of carbonyl (C=O) groups is 2. The molecule has 0 spiro atoms. The minimum atomic E-state index is -0.266. The Kier molecular flexibility index (Phi) is 6.81. The summed E-state index contributed by atoms with van der Waals surface area (Å²) in [6.45, 7) is 4.89. The number of nitrogens with zero attached hydrogens (tertiary/aromatic N) is 1. The summed E-state index contributed by atoms with van der Waals surface area (Å²) in [4.78, 5) is 27.9. The number of hydrogen-bond donors (Lipinski definition) is 0. The number of ether oxygens (including phenoxy) is 1. The molecule has 1 heterocycles. The standard InChI is InChI=1S/C22H22ClNO3S/c1-3-13-27-18-11-7-16(8-12-18)19-20(28-4-2)22(26)24(21(19)25)14-15-5-9-17(23)10-6-15/h5-12H,3-4,13-14H2,1-2H3. The molecule has 6 heteroatoms. The van der Waals surface area contributed by atoms with Gasteiger partial charge in [-0.2, -0.15) is 0 Å². The topological polar surface area (TPSA) is 46.6 Å². The van der Waals surface area contributed by atoms with Crippen molar-refractivity contribution in [3.8, 4) is 5.75 Å². The molecular formula is C22H22ClNO3S. The van der Waals surface area contributed by atoms with Crippen LogP contribution in [0.5, 0.6) is 5.75 Å². The summed E-state index contributed by atoms with van der Waals surface area (Å²) in [5.74, 6) is 0.960. The van der Waals surface area contributed by atoms with E-state index < -0.39 is 0 Å². The summed E-state index contributed by atoms with van der Waals surface area (Å²) in [6, 6.07) is 14.5. The summed E-state index contributed by atoms with van der Waals surface area (Å²) in [7, 11) is 0. The lowest BCUT2D eigenvalue weighted by molar-refractivity contribution is -0.137. The third-order valence-electron chi connectivity index (χ3n) is 4.28. The summed E-state index contributed by atoms with van der Waals surface area (Å²) < 4.78 is 5.61. The van der Waals surface area contributed by atoms with Crippen LogP contribution in [-0.2, 0) is 16.1 Å². The van der Waals surface area contributed by atoms with Crippen molar-refractivity contribution < 1.29 is 14.3 Å². The molecular weight excluding hydrogens is 394 g/mol. The van der Waals surface area contributed by atoms with Crippen LogP contribution in [0.1, 0.15) is 31.4 Å². The van der Waals surface area contributed by atoms with E-state index in [1.54, 1.807) is 12.1 Å². The number of hydrogen-bond acceptors (Lipinski definition) is 4. The fraction of sp³-hybridized carbons (Fsp3) is 0.273. The molecule has 0 aliphatic carbocycles. The molecule has 2 aromatic rings. The Morgan fingerprint density at radius 1 is 0.964 bits per heavy atom. The van der Waals surface area contributed by atoms with Crippen molar-refractivity contribution in [2.24, 2.45) is 0 Å². The fourth-order valence-electron chi connectivity index (χ4n) is 2.94. The monoisotopic (exact) mass is 415 g/mol. The zero-order valence-corrected chi connectivity index (χ0v) is 17.5. The quantitative estimate of drug-likeness (QED) is 0.558. The van der Waals surface area contributed by atoms with E-state index >= 15 is 0 Å². The maximum absolute atomic E-state index is 13.1. The number of benzene rings is 2. The molecule has 1 aliphatic heterocycles. The third-order valence-corrected chi connectivity index (χ3v) is 5.49. The zero-order chi connectivity index (χ0) is 20.1. The highest BCUT2D eigenvalue weighted by atomic mass is 35.5. The predicted octanol–water partition coefficient (Wildman–Crippen LogP) is 5.16. The molecule has 0 radical (unpaired) electrons. The molecule has 2 amide bonds. The second-order valence-corrected chi connectivity index (χ2v) is 8.04. The second-order valence-electron chi connectivity index (χ2n) is 6.33. The molecule has 2 aromatic carbocycles. The summed E-state index contributed by atoms with van der Waals surface area (Å²) in [5.41, 5.74) is 2.06. The molecule has 0 aromatic heterocycles. The molecule has 0 unspecified atom stereocenters. The Morgan fingerprint density at radius 3 is 2.25 bits per heavy atom. The van der Waals surface area contributed by atoms with E-state index in [9.17, 15) is 9.59 Å². The van der Waals surface area contributed by atoms with Gasteiger partial charge in [-0.15, -0.1) is 11.8 Å². The fourth-order valence-corrected chi connectivity index (χ4v) is 3.94. The zero-order valence-electron chi connectivity index (χ0n) is 15.9. The minimum Gasteiger partial charge on any atom is -0.494 e. The van der Waals surface area contributed by atoms with Crippen molar-refractivity contribution >= 4 is 40.8 Å². The third kappa shape index (κ3) is 4.42. The first-order valence-electron chi connectivity index (χ1n) is 9.26. The van der Waals surface area contributed by atoms with E-state index in [-0.39, 0.29) is 18.4 Å². The molecule has 0 bridgehead atoms. The number of amides is 2. The maximum Gasteiger partial charge on any atom is 0.268 e. The van der Waals surface area contributed by atoms with Crippen molar-refractivity contribution in [1.29, 1.82) is 0 Å². The number of carbonyl (C=O) groups excluding carboxylic acids is 2. The lowest BCUT2D eigenvalue weighted by atomic mass is 10.1. The van der Waals surface area contributed by atoms with Gasteiger partial charge in [0.05, 0.1) is 23.6 Å². The van der Waals surface area contributed by atoms with Crippen LogP contribution < -0.4 is 4.74 Å². The Morgan fingerprint density at radius 2 is 1.64 bits per heavy atom. The Hall–Kier alpha value is -2.24. The van der Waals surface area contributed by atoms with E-state index in [2.05, 4.69) is 0 Å². The number of halogens is 1. The lowest BCUT2D eigenvalue weighted by Gasteiger charge is -2.15. The van der Waals surface area contributed by atoms with Crippen molar-refractivity contribution in [2.75, 3.05) is 12.4 Å². The molecule has 0 atom stereocenters. The predicted molar refractivity (Wildman–Crippen MR) is 114 cm³/mol. The molecule has 3 rings (SSSR count). The molecule has 0 fully saturated rings. The van der Waals surface area contributed by atoms with Crippen LogP contribution in [0.3, 0.4) is 0 Å². The Bertz CT molecular complexity index is 891. The van der Waals surface area contributed by atoms with E-state index in [4.69, 9.17) is 16.3 Å². The van der Waals surface area contributed by atoms with Gasteiger partial charge in [-0.25, -0.2) is 0 Å². The Balaban J connectivity index is 1.88. The molecule has 0 saturated heterocycles. The van der Waals surface area contributed by atoms with Gasteiger partial charge in [0.15, 0.2) is 0 Å². The van der Waals surface area contributed by atoms with Gasteiger partial charge in [0.2, 0.25) is 0 Å². The van der Waals surface area contributed by atoms with Crippen molar-refractivity contribution in [3.05, 3.63) is 69.6 Å². The van der Waals surface area contributed by atoms with Gasteiger partial charge >= 0.3 is 0 Å². The average molecular weight is 416 g/mol. The molecule has 146 valence electrons.